The van der Waals surface area contributed by atoms with E-state index < -0.39 is 0 Å². The summed E-state index contributed by atoms with van der Waals surface area (Å²) >= 11 is 0. The molecule has 0 aromatic rings. The van der Waals surface area contributed by atoms with E-state index >= 15 is 0 Å². The van der Waals surface area contributed by atoms with Gasteiger partial charge in [-0.05, 0) is 43.9 Å². The number of aliphatic hydroxyl groups excluding tert-OH is 1. The summed E-state index contributed by atoms with van der Waals surface area (Å²) in [6.45, 7) is 7.52. The third kappa shape index (κ3) is 4.44. The molecular weight excluding hydrogens is 250 g/mol. The maximum Gasteiger partial charge on any atom is 0.0501 e. The fourth-order valence-electron chi connectivity index (χ4n) is 3.74. The third-order valence-corrected chi connectivity index (χ3v) is 5.40. The zero-order valence-corrected chi connectivity index (χ0v) is 13.4. The van der Waals surface area contributed by atoms with Crippen LogP contribution >= 0.6 is 0 Å². The average Bonchev–Trinajstić information content (AvgIpc) is 2.91. The molecule has 2 atom stereocenters. The van der Waals surface area contributed by atoms with Crippen molar-refractivity contribution in [2.45, 2.75) is 64.8 Å². The lowest BCUT2D eigenvalue weighted by Crippen LogP contribution is -2.46. The SMILES string of the molecule is CC(C)CCC1CCCC1NCC1(CO)CCOCC1. The molecule has 1 aliphatic heterocycles. The first-order valence-corrected chi connectivity index (χ1v) is 8.57. The number of hydrogen-bond donors (Lipinski definition) is 2. The Morgan fingerprint density at radius 2 is 2.00 bits per heavy atom. The highest BCUT2D eigenvalue weighted by atomic mass is 16.5. The molecule has 118 valence electrons. The predicted molar refractivity (Wildman–Crippen MR) is 82.8 cm³/mol. The second-order valence-electron chi connectivity index (χ2n) is 7.42. The molecule has 3 nitrogen and oxygen atoms in total. The van der Waals surface area contributed by atoms with Crippen LogP contribution in [0, 0.1) is 17.3 Å². The third-order valence-electron chi connectivity index (χ3n) is 5.40. The van der Waals surface area contributed by atoms with Gasteiger partial charge in [0.15, 0.2) is 0 Å². The van der Waals surface area contributed by atoms with E-state index in [1.165, 1.54) is 32.1 Å². The lowest BCUT2D eigenvalue weighted by molar-refractivity contribution is -0.0171. The van der Waals surface area contributed by atoms with Crippen LogP contribution in [0.1, 0.15) is 58.8 Å². The van der Waals surface area contributed by atoms with Crippen LogP contribution in [0.15, 0.2) is 0 Å². The van der Waals surface area contributed by atoms with Gasteiger partial charge in [0.25, 0.3) is 0 Å². The molecule has 0 amide bonds. The van der Waals surface area contributed by atoms with E-state index in [0.717, 1.165) is 44.4 Å². The first-order chi connectivity index (χ1) is 9.65. The lowest BCUT2D eigenvalue weighted by Gasteiger charge is -2.37. The molecule has 2 N–H and O–H groups in total. The fraction of sp³-hybridized carbons (Fsp3) is 1.00. The molecule has 3 heteroatoms. The van der Waals surface area contributed by atoms with Gasteiger partial charge in [-0.25, -0.2) is 0 Å². The van der Waals surface area contributed by atoms with Gasteiger partial charge in [0.1, 0.15) is 0 Å². The van der Waals surface area contributed by atoms with Crippen LogP contribution in [0.25, 0.3) is 0 Å². The van der Waals surface area contributed by atoms with Gasteiger partial charge in [0.05, 0.1) is 6.61 Å². The standard InChI is InChI=1S/C17H33NO2/c1-14(2)6-7-15-4-3-5-16(15)18-12-17(13-19)8-10-20-11-9-17/h14-16,18-19H,3-13H2,1-2H3. The molecule has 2 aliphatic rings. The van der Waals surface area contributed by atoms with Crippen molar-refractivity contribution in [2.24, 2.45) is 17.3 Å². The van der Waals surface area contributed by atoms with E-state index in [1.54, 1.807) is 0 Å². The fourth-order valence-corrected chi connectivity index (χ4v) is 3.74. The molecule has 1 aliphatic carbocycles. The van der Waals surface area contributed by atoms with E-state index in [9.17, 15) is 5.11 Å². The van der Waals surface area contributed by atoms with Crippen molar-refractivity contribution in [3.05, 3.63) is 0 Å². The van der Waals surface area contributed by atoms with E-state index in [0.29, 0.717) is 12.6 Å². The minimum Gasteiger partial charge on any atom is -0.396 e. The highest BCUT2D eigenvalue weighted by molar-refractivity contribution is 4.89. The Labute approximate surface area is 124 Å². The zero-order chi connectivity index (χ0) is 14.4. The second-order valence-corrected chi connectivity index (χ2v) is 7.42. The highest BCUT2D eigenvalue weighted by Gasteiger charge is 2.34. The highest BCUT2D eigenvalue weighted by Crippen LogP contribution is 2.33. The average molecular weight is 283 g/mol. The Bertz CT molecular complexity index is 274. The monoisotopic (exact) mass is 283 g/mol. The maximum atomic E-state index is 9.76. The van der Waals surface area contributed by atoms with Crippen LogP contribution in [-0.2, 0) is 4.74 Å². The molecule has 0 aromatic carbocycles. The minimum absolute atomic E-state index is 0.0729. The Morgan fingerprint density at radius 3 is 2.65 bits per heavy atom. The molecule has 0 bridgehead atoms. The smallest absolute Gasteiger partial charge is 0.0501 e. The van der Waals surface area contributed by atoms with Crippen molar-refractivity contribution in [3.8, 4) is 0 Å². The zero-order valence-electron chi connectivity index (χ0n) is 13.4. The molecule has 2 unspecified atom stereocenters. The van der Waals surface area contributed by atoms with Crippen molar-refractivity contribution in [2.75, 3.05) is 26.4 Å². The first kappa shape index (κ1) is 16.3. The molecule has 2 rings (SSSR count). The summed E-state index contributed by atoms with van der Waals surface area (Å²) in [6.07, 6.45) is 8.79. The molecule has 1 saturated carbocycles. The van der Waals surface area contributed by atoms with Gasteiger partial charge in [-0.1, -0.05) is 26.7 Å². The number of hydrogen-bond acceptors (Lipinski definition) is 3. The summed E-state index contributed by atoms with van der Waals surface area (Å²) in [5.41, 5.74) is 0.0729. The summed E-state index contributed by atoms with van der Waals surface area (Å²) in [6, 6.07) is 0.681. The second kappa shape index (κ2) is 7.77. The van der Waals surface area contributed by atoms with E-state index in [4.69, 9.17) is 4.74 Å². The first-order valence-electron chi connectivity index (χ1n) is 8.57. The van der Waals surface area contributed by atoms with Gasteiger partial charge in [0, 0.05) is 31.2 Å². The topological polar surface area (TPSA) is 41.5 Å². The van der Waals surface area contributed by atoms with E-state index in [2.05, 4.69) is 19.2 Å². The summed E-state index contributed by atoms with van der Waals surface area (Å²) < 4.78 is 5.45. The van der Waals surface area contributed by atoms with Gasteiger partial charge in [0.2, 0.25) is 0 Å². The van der Waals surface area contributed by atoms with Gasteiger partial charge >= 0.3 is 0 Å². The van der Waals surface area contributed by atoms with Gasteiger partial charge in [-0.2, -0.15) is 0 Å². The van der Waals surface area contributed by atoms with Crippen molar-refractivity contribution in [1.82, 2.24) is 5.32 Å². The predicted octanol–water partition coefficient (Wildman–Crippen LogP) is 2.97. The number of aliphatic hydroxyl groups is 1. The number of ether oxygens (including phenoxy) is 1. The molecule has 0 radical (unpaired) electrons. The van der Waals surface area contributed by atoms with Crippen LogP contribution in [0.2, 0.25) is 0 Å². The minimum atomic E-state index is 0.0729. The van der Waals surface area contributed by atoms with Gasteiger partial charge in [-0.15, -0.1) is 0 Å². The molecule has 1 heterocycles. The molecule has 0 aromatic heterocycles. The Morgan fingerprint density at radius 1 is 1.25 bits per heavy atom. The summed E-state index contributed by atoms with van der Waals surface area (Å²) in [5.74, 6) is 1.67. The Kier molecular flexibility index (Phi) is 6.31. The van der Waals surface area contributed by atoms with Crippen LogP contribution in [-0.4, -0.2) is 37.5 Å². The summed E-state index contributed by atoms with van der Waals surface area (Å²) in [4.78, 5) is 0. The summed E-state index contributed by atoms with van der Waals surface area (Å²) in [7, 11) is 0. The number of nitrogens with one attached hydrogen (secondary N) is 1. The molecule has 1 saturated heterocycles. The van der Waals surface area contributed by atoms with Crippen molar-refractivity contribution >= 4 is 0 Å². The molecule has 0 spiro atoms. The van der Waals surface area contributed by atoms with Crippen LogP contribution in [0.3, 0.4) is 0 Å². The quantitative estimate of drug-likeness (QED) is 0.755. The van der Waals surface area contributed by atoms with Gasteiger partial charge < -0.3 is 15.2 Å². The van der Waals surface area contributed by atoms with Gasteiger partial charge in [-0.3, -0.25) is 0 Å². The number of rotatable bonds is 7. The molecule has 20 heavy (non-hydrogen) atoms. The summed E-state index contributed by atoms with van der Waals surface area (Å²) in [5, 5.41) is 13.6. The maximum absolute atomic E-state index is 9.76. The van der Waals surface area contributed by atoms with Crippen molar-refractivity contribution in [3.63, 3.8) is 0 Å². The van der Waals surface area contributed by atoms with E-state index in [1.807, 2.05) is 0 Å². The molecular formula is C17H33NO2. The van der Waals surface area contributed by atoms with E-state index in [-0.39, 0.29) is 5.41 Å². The largest absolute Gasteiger partial charge is 0.396 e. The lowest BCUT2D eigenvalue weighted by atomic mass is 9.80. The van der Waals surface area contributed by atoms with Crippen LogP contribution in [0.4, 0.5) is 0 Å². The molecule has 2 fully saturated rings. The van der Waals surface area contributed by atoms with Crippen molar-refractivity contribution in [1.29, 1.82) is 0 Å². The Hall–Kier alpha value is -0.120. The van der Waals surface area contributed by atoms with Crippen molar-refractivity contribution < 1.29 is 9.84 Å². The van der Waals surface area contributed by atoms with Crippen LogP contribution in [0.5, 0.6) is 0 Å². The normalized spacial score (nSPS) is 30.0. The Balaban J connectivity index is 1.79. The van der Waals surface area contributed by atoms with Crippen LogP contribution < -0.4 is 5.32 Å².